The van der Waals surface area contributed by atoms with Crippen LogP contribution in [0.3, 0.4) is 0 Å². The molecule has 35 heavy (non-hydrogen) atoms. The first-order chi connectivity index (χ1) is 16.4. The number of aliphatic hydroxyl groups excluding tert-OH is 1. The topological polar surface area (TPSA) is 78.3 Å². The van der Waals surface area contributed by atoms with Crippen LogP contribution in [-0.2, 0) is 4.79 Å². The van der Waals surface area contributed by atoms with Crippen LogP contribution < -0.4 is 5.32 Å². The number of aromatic nitrogens is 2. The SMILES string of the molecule is CC(C)(C)C(=O)Nc1ccc(C(O)c2ccc3ncc(C4CCN(C(C)(C)C)CC4)nc3c2)cc1. The van der Waals surface area contributed by atoms with E-state index in [2.05, 4.69) is 36.0 Å². The van der Waals surface area contributed by atoms with Crippen LogP contribution in [0.1, 0.15) is 83.2 Å². The van der Waals surface area contributed by atoms with Crippen LogP contribution in [0.2, 0.25) is 0 Å². The first-order valence-corrected chi connectivity index (χ1v) is 12.5. The normalized spacial score (nSPS) is 16.9. The van der Waals surface area contributed by atoms with Gasteiger partial charge >= 0.3 is 0 Å². The number of likely N-dealkylation sites (tertiary alicyclic amines) is 1. The highest BCUT2D eigenvalue weighted by Gasteiger charge is 2.28. The number of nitrogens with zero attached hydrogens (tertiary/aromatic N) is 3. The molecule has 0 radical (unpaired) electrons. The molecule has 1 aliphatic rings. The lowest BCUT2D eigenvalue weighted by Gasteiger charge is -2.40. The maximum absolute atomic E-state index is 12.2. The summed E-state index contributed by atoms with van der Waals surface area (Å²) in [4.78, 5) is 24.4. The van der Waals surface area contributed by atoms with Gasteiger partial charge in [0, 0.05) is 28.8 Å². The van der Waals surface area contributed by atoms with E-state index < -0.39 is 11.5 Å². The Morgan fingerprint density at radius 1 is 0.971 bits per heavy atom. The van der Waals surface area contributed by atoms with E-state index in [1.807, 2.05) is 69.4 Å². The van der Waals surface area contributed by atoms with Crippen molar-refractivity contribution < 1.29 is 9.90 Å². The summed E-state index contributed by atoms with van der Waals surface area (Å²) in [5, 5.41) is 14.0. The van der Waals surface area contributed by atoms with Crippen LogP contribution in [0.15, 0.2) is 48.7 Å². The molecule has 1 aliphatic heterocycles. The molecule has 1 unspecified atom stereocenters. The van der Waals surface area contributed by atoms with Gasteiger partial charge in [-0.3, -0.25) is 14.7 Å². The van der Waals surface area contributed by atoms with Crippen molar-refractivity contribution >= 4 is 22.6 Å². The molecular weight excluding hydrogens is 436 g/mol. The zero-order chi connectivity index (χ0) is 25.4. The van der Waals surface area contributed by atoms with Crippen molar-refractivity contribution in [1.29, 1.82) is 0 Å². The van der Waals surface area contributed by atoms with Gasteiger partial charge < -0.3 is 10.4 Å². The van der Waals surface area contributed by atoms with Gasteiger partial charge in [0.1, 0.15) is 6.10 Å². The largest absolute Gasteiger partial charge is 0.384 e. The molecule has 6 heteroatoms. The molecule has 1 amide bonds. The summed E-state index contributed by atoms with van der Waals surface area (Å²) in [6.45, 7) is 14.6. The average molecular weight is 475 g/mol. The van der Waals surface area contributed by atoms with E-state index in [4.69, 9.17) is 4.98 Å². The van der Waals surface area contributed by atoms with E-state index in [0.717, 1.165) is 53.8 Å². The van der Waals surface area contributed by atoms with E-state index >= 15 is 0 Å². The number of carbonyl (C=O) groups is 1. The molecule has 1 fully saturated rings. The lowest BCUT2D eigenvalue weighted by Crippen LogP contribution is -2.45. The predicted molar refractivity (Wildman–Crippen MR) is 141 cm³/mol. The fourth-order valence-corrected chi connectivity index (χ4v) is 4.52. The van der Waals surface area contributed by atoms with E-state index in [0.29, 0.717) is 11.6 Å². The third-order valence-electron chi connectivity index (χ3n) is 6.93. The first-order valence-electron chi connectivity index (χ1n) is 12.5. The molecule has 2 aromatic carbocycles. The van der Waals surface area contributed by atoms with Crippen LogP contribution in [0.5, 0.6) is 0 Å². The Hall–Kier alpha value is -2.83. The monoisotopic (exact) mass is 474 g/mol. The highest BCUT2D eigenvalue weighted by molar-refractivity contribution is 5.94. The van der Waals surface area contributed by atoms with Crippen molar-refractivity contribution in [2.24, 2.45) is 5.41 Å². The summed E-state index contributed by atoms with van der Waals surface area (Å²) in [6.07, 6.45) is 3.29. The summed E-state index contributed by atoms with van der Waals surface area (Å²) in [6, 6.07) is 13.1. The Morgan fingerprint density at radius 2 is 1.60 bits per heavy atom. The first kappa shape index (κ1) is 25.3. The Morgan fingerprint density at radius 3 is 2.20 bits per heavy atom. The average Bonchev–Trinajstić information content (AvgIpc) is 2.82. The number of hydrogen-bond donors (Lipinski definition) is 2. The zero-order valence-corrected chi connectivity index (χ0v) is 21.8. The third-order valence-corrected chi connectivity index (χ3v) is 6.93. The minimum atomic E-state index is -0.785. The molecule has 4 rings (SSSR count). The molecule has 0 aliphatic carbocycles. The minimum Gasteiger partial charge on any atom is -0.384 e. The molecule has 1 atom stereocenters. The molecule has 1 aromatic heterocycles. The second-order valence-corrected chi connectivity index (χ2v) is 11.7. The van der Waals surface area contributed by atoms with E-state index in [9.17, 15) is 9.90 Å². The number of nitrogens with one attached hydrogen (secondary N) is 1. The lowest BCUT2D eigenvalue weighted by molar-refractivity contribution is -0.123. The summed E-state index contributed by atoms with van der Waals surface area (Å²) in [7, 11) is 0. The molecule has 2 heterocycles. The van der Waals surface area contributed by atoms with E-state index in [-0.39, 0.29) is 11.4 Å². The number of amides is 1. The van der Waals surface area contributed by atoms with Crippen molar-refractivity contribution in [2.45, 2.75) is 71.9 Å². The fourth-order valence-electron chi connectivity index (χ4n) is 4.52. The van der Waals surface area contributed by atoms with Crippen LogP contribution in [0, 0.1) is 5.41 Å². The Balaban J connectivity index is 1.49. The van der Waals surface area contributed by atoms with Crippen LogP contribution >= 0.6 is 0 Å². The molecule has 0 spiro atoms. The summed E-state index contributed by atoms with van der Waals surface area (Å²) < 4.78 is 0. The van der Waals surface area contributed by atoms with Crippen molar-refractivity contribution in [2.75, 3.05) is 18.4 Å². The van der Waals surface area contributed by atoms with Crippen LogP contribution in [-0.4, -0.2) is 44.5 Å². The molecule has 0 bridgehead atoms. The maximum Gasteiger partial charge on any atom is 0.229 e. The molecule has 3 aromatic rings. The van der Waals surface area contributed by atoms with Gasteiger partial charge in [-0.05, 0) is 82.1 Å². The predicted octanol–water partition coefficient (Wildman–Crippen LogP) is 5.67. The van der Waals surface area contributed by atoms with Gasteiger partial charge in [0.05, 0.1) is 16.7 Å². The number of rotatable bonds is 4. The van der Waals surface area contributed by atoms with Gasteiger partial charge in [-0.25, -0.2) is 4.98 Å². The van der Waals surface area contributed by atoms with Crippen molar-refractivity contribution in [1.82, 2.24) is 14.9 Å². The zero-order valence-electron chi connectivity index (χ0n) is 21.8. The fraction of sp³-hybridized carbons (Fsp3) is 0.483. The number of fused-ring (bicyclic) bond motifs is 1. The van der Waals surface area contributed by atoms with Gasteiger partial charge in [-0.1, -0.05) is 39.0 Å². The Kier molecular flexibility index (Phi) is 6.98. The van der Waals surface area contributed by atoms with Crippen LogP contribution in [0.25, 0.3) is 11.0 Å². The van der Waals surface area contributed by atoms with Gasteiger partial charge in [-0.15, -0.1) is 0 Å². The highest BCUT2D eigenvalue weighted by Crippen LogP contribution is 2.31. The molecule has 186 valence electrons. The maximum atomic E-state index is 12.2. The standard InChI is InChI=1S/C29H38N4O2/c1-28(2,3)27(35)31-22-10-7-20(8-11-22)26(34)21-9-12-23-24(17-21)32-25(18-30-23)19-13-15-33(16-14-19)29(4,5)6/h7-12,17-19,26,34H,13-16H2,1-6H3,(H,31,35). The Labute approximate surface area is 208 Å². The second kappa shape index (κ2) is 9.67. The molecule has 6 nitrogen and oxygen atoms in total. The quantitative estimate of drug-likeness (QED) is 0.509. The van der Waals surface area contributed by atoms with Crippen molar-refractivity contribution in [3.8, 4) is 0 Å². The van der Waals surface area contributed by atoms with E-state index in [1.54, 1.807) is 0 Å². The number of piperidine rings is 1. The number of hydrogen-bond acceptors (Lipinski definition) is 5. The van der Waals surface area contributed by atoms with Gasteiger partial charge in [-0.2, -0.15) is 0 Å². The summed E-state index contributed by atoms with van der Waals surface area (Å²) >= 11 is 0. The minimum absolute atomic E-state index is 0.0428. The molecule has 1 saturated heterocycles. The van der Waals surface area contributed by atoms with Gasteiger partial charge in [0.2, 0.25) is 5.91 Å². The smallest absolute Gasteiger partial charge is 0.229 e. The second-order valence-electron chi connectivity index (χ2n) is 11.7. The van der Waals surface area contributed by atoms with Crippen LogP contribution in [0.4, 0.5) is 5.69 Å². The highest BCUT2D eigenvalue weighted by atomic mass is 16.3. The van der Waals surface area contributed by atoms with Crippen molar-refractivity contribution in [3.05, 3.63) is 65.5 Å². The van der Waals surface area contributed by atoms with Gasteiger partial charge in [0.25, 0.3) is 0 Å². The number of carbonyl (C=O) groups excluding carboxylic acids is 1. The summed E-state index contributed by atoms with van der Waals surface area (Å²) in [5.41, 5.74) is 4.66. The molecule has 2 N–H and O–H groups in total. The number of anilines is 1. The van der Waals surface area contributed by atoms with E-state index in [1.165, 1.54) is 0 Å². The lowest BCUT2D eigenvalue weighted by atomic mass is 9.91. The van der Waals surface area contributed by atoms with Gasteiger partial charge in [0.15, 0.2) is 0 Å². The molecule has 0 saturated carbocycles. The number of aliphatic hydroxyl groups is 1. The third kappa shape index (κ3) is 5.88. The Bertz CT molecular complexity index is 1180. The molecular formula is C29H38N4O2. The summed E-state index contributed by atoms with van der Waals surface area (Å²) in [5.74, 6) is 0.369. The number of benzene rings is 2. The van der Waals surface area contributed by atoms with Crippen molar-refractivity contribution in [3.63, 3.8) is 0 Å².